The Kier molecular flexibility index (Phi) is 5.50. The Hall–Kier alpha value is -1.58. The van der Waals surface area contributed by atoms with Gasteiger partial charge in [0.05, 0.1) is 6.61 Å². The fourth-order valence-electron chi connectivity index (χ4n) is 0.476. The van der Waals surface area contributed by atoms with Crippen molar-refractivity contribution in [2.45, 2.75) is 13.1 Å². The van der Waals surface area contributed by atoms with Crippen LogP contribution >= 0.6 is 12.2 Å². The van der Waals surface area contributed by atoms with Gasteiger partial charge in [-0.1, -0.05) is 0 Å². The van der Waals surface area contributed by atoms with Crippen molar-refractivity contribution in [2.24, 2.45) is 0 Å². The number of alkyl carbamates (subject to hydrolysis) is 1. The van der Waals surface area contributed by atoms with E-state index in [-0.39, 0.29) is 6.61 Å². The molecule has 0 atom stereocenters. The maximum absolute atomic E-state index is 11.7. The molecule has 0 unspecified atom stereocenters. The van der Waals surface area contributed by atoms with Crippen LogP contribution in [0.4, 0.5) is 18.0 Å². The first-order valence-electron chi connectivity index (χ1n) is 3.88. The zero-order chi connectivity index (χ0) is 12.8. The number of halogens is 3. The van der Waals surface area contributed by atoms with E-state index in [9.17, 15) is 22.8 Å². The first kappa shape index (κ1) is 14.4. The lowest BCUT2D eigenvalue weighted by Gasteiger charge is -2.11. The first-order valence-corrected chi connectivity index (χ1v) is 4.29. The fraction of sp³-hybridized carbons (Fsp3) is 0.500. The Balaban J connectivity index is 3.91. The number of carbonyl (C=O) groups is 2. The first-order chi connectivity index (χ1) is 7.27. The molecule has 0 saturated heterocycles. The summed E-state index contributed by atoms with van der Waals surface area (Å²) in [4.78, 5) is 21.0. The van der Waals surface area contributed by atoms with Crippen molar-refractivity contribution in [3.05, 3.63) is 0 Å². The van der Waals surface area contributed by atoms with E-state index in [4.69, 9.17) is 0 Å². The minimum Gasteiger partial charge on any atom is -0.450 e. The molecule has 0 aromatic carbocycles. The van der Waals surface area contributed by atoms with Crippen LogP contribution in [0.3, 0.4) is 0 Å². The highest BCUT2D eigenvalue weighted by atomic mass is 32.1. The summed E-state index contributed by atoms with van der Waals surface area (Å²) in [5.41, 5.74) is 2.92. The summed E-state index contributed by atoms with van der Waals surface area (Å²) in [7, 11) is 0. The molecule has 0 fully saturated rings. The van der Waals surface area contributed by atoms with Crippen LogP contribution < -0.4 is 16.2 Å². The van der Waals surface area contributed by atoms with Gasteiger partial charge in [0.2, 0.25) is 0 Å². The number of amides is 2. The predicted molar refractivity (Wildman–Crippen MR) is 50.1 cm³/mol. The van der Waals surface area contributed by atoms with E-state index >= 15 is 0 Å². The molecule has 10 heteroatoms. The zero-order valence-electron chi connectivity index (χ0n) is 7.97. The second-order valence-corrected chi connectivity index (χ2v) is 2.66. The average Bonchev–Trinajstić information content (AvgIpc) is 2.12. The second-order valence-electron chi connectivity index (χ2n) is 2.25. The van der Waals surface area contributed by atoms with E-state index in [0.29, 0.717) is 0 Å². The van der Waals surface area contributed by atoms with Gasteiger partial charge in [-0.2, -0.15) is 13.2 Å². The Morgan fingerprint density at radius 2 is 1.88 bits per heavy atom. The summed E-state index contributed by atoms with van der Waals surface area (Å²) in [6.07, 6.45) is -5.98. The van der Waals surface area contributed by atoms with Crippen molar-refractivity contribution >= 4 is 29.3 Å². The number of thiocarbonyl (C=S) groups is 1. The standard InChI is InChI=1S/C6H8F3N3O3S/c1-2-15-5(14)10-4(16)12-11-3(13)6(7,8)9/h2H2,1H3,(H,11,13)(H2,10,12,14,16). The Labute approximate surface area is 93.5 Å². The van der Waals surface area contributed by atoms with Crippen LogP contribution in [0.25, 0.3) is 0 Å². The van der Waals surface area contributed by atoms with Gasteiger partial charge in [-0.25, -0.2) is 4.79 Å². The number of alkyl halides is 3. The van der Waals surface area contributed by atoms with Gasteiger partial charge in [0, 0.05) is 0 Å². The lowest BCUT2D eigenvalue weighted by Crippen LogP contribution is -2.52. The number of hydrogen-bond acceptors (Lipinski definition) is 4. The van der Waals surface area contributed by atoms with Gasteiger partial charge in [-0.15, -0.1) is 0 Å². The minimum absolute atomic E-state index is 0.0728. The molecule has 0 aromatic rings. The Morgan fingerprint density at radius 1 is 1.31 bits per heavy atom. The van der Waals surface area contributed by atoms with Crippen molar-refractivity contribution < 1.29 is 27.5 Å². The van der Waals surface area contributed by atoms with Crippen LogP contribution in [0.1, 0.15) is 6.92 Å². The minimum atomic E-state index is -5.04. The van der Waals surface area contributed by atoms with Crippen LogP contribution in [0.2, 0.25) is 0 Å². The molecule has 16 heavy (non-hydrogen) atoms. The third kappa shape index (κ3) is 6.01. The normalized spacial score (nSPS) is 10.2. The predicted octanol–water partition coefficient (Wildman–Crippen LogP) is 0.200. The van der Waals surface area contributed by atoms with E-state index in [1.807, 2.05) is 5.32 Å². The molecule has 0 radical (unpaired) electrons. The highest BCUT2D eigenvalue weighted by Gasteiger charge is 2.38. The summed E-state index contributed by atoms with van der Waals surface area (Å²) in [5, 5.41) is 1.35. The molecular formula is C6H8F3N3O3S. The molecule has 0 rings (SSSR count). The number of nitrogens with one attached hydrogen (secondary N) is 3. The molecule has 0 heterocycles. The Bertz CT molecular complexity index is 294. The van der Waals surface area contributed by atoms with Crippen molar-refractivity contribution in [2.75, 3.05) is 6.61 Å². The summed E-state index contributed by atoms with van der Waals surface area (Å²) in [6, 6.07) is 0. The monoisotopic (exact) mass is 259 g/mol. The van der Waals surface area contributed by atoms with Gasteiger partial charge in [-0.05, 0) is 19.1 Å². The smallest absolute Gasteiger partial charge is 0.450 e. The lowest BCUT2D eigenvalue weighted by molar-refractivity contribution is -0.174. The molecule has 6 nitrogen and oxygen atoms in total. The van der Waals surface area contributed by atoms with E-state index < -0.39 is 23.3 Å². The molecule has 0 saturated carbocycles. The summed E-state index contributed by atoms with van der Waals surface area (Å²) >= 11 is 4.38. The quantitative estimate of drug-likeness (QED) is 0.463. The molecule has 0 aliphatic carbocycles. The van der Waals surface area contributed by atoms with E-state index in [1.165, 1.54) is 12.3 Å². The van der Waals surface area contributed by atoms with Gasteiger partial charge < -0.3 is 4.74 Å². The van der Waals surface area contributed by atoms with E-state index in [0.717, 1.165) is 0 Å². The molecule has 2 amide bonds. The number of hydrazine groups is 1. The summed E-state index contributed by atoms with van der Waals surface area (Å²) in [6.45, 7) is 1.60. The average molecular weight is 259 g/mol. The topological polar surface area (TPSA) is 79.5 Å². The van der Waals surface area contributed by atoms with Crippen LogP contribution in [-0.2, 0) is 9.53 Å². The molecule has 92 valence electrons. The third-order valence-corrected chi connectivity index (χ3v) is 1.24. The number of rotatable bonds is 1. The maximum Gasteiger partial charge on any atom is 0.472 e. The third-order valence-electron chi connectivity index (χ3n) is 1.04. The summed E-state index contributed by atoms with van der Waals surface area (Å²) < 4.78 is 39.4. The molecule has 0 aliphatic rings. The SMILES string of the molecule is CCOC(=O)NC(=S)NNC(=O)C(F)(F)F. The molecule has 0 bridgehead atoms. The zero-order valence-corrected chi connectivity index (χ0v) is 8.79. The largest absolute Gasteiger partial charge is 0.472 e. The van der Waals surface area contributed by atoms with Crippen molar-refractivity contribution in [1.82, 2.24) is 16.2 Å². The van der Waals surface area contributed by atoms with Crippen LogP contribution in [-0.4, -0.2) is 29.9 Å². The van der Waals surface area contributed by atoms with Crippen LogP contribution in [0.15, 0.2) is 0 Å². The lowest BCUT2D eigenvalue weighted by atomic mass is 10.6. The van der Waals surface area contributed by atoms with E-state index in [2.05, 4.69) is 17.0 Å². The molecule has 0 spiro atoms. The highest BCUT2D eigenvalue weighted by molar-refractivity contribution is 7.80. The number of hydrogen-bond donors (Lipinski definition) is 3. The summed E-state index contributed by atoms with van der Waals surface area (Å²) in [5.74, 6) is -2.24. The van der Waals surface area contributed by atoms with Crippen molar-refractivity contribution in [1.29, 1.82) is 0 Å². The van der Waals surface area contributed by atoms with Gasteiger partial charge in [0.1, 0.15) is 0 Å². The Morgan fingerprint density at radius 3 is 2.31 bits per heavy atom. The van der Waals surface area contributed by atoms with Crippen LogP contribution in [0.5, 0.6) is 0 Å². The van der Waals surface area contributed by atoms with Crippen LogP contribution in [0, 0.1) is 0 Å². The number of carbonyl (C=O) groups excluding carboxylic acids is 2. The van der Waals surface area contributed by atoms with Crippen molar-refractivity contribution in [3.8, 4) is 0 Å². The van der Waals surface area contributed by atoms with E-state index in [1.54, 1.807) is 5.43 Å². The maximum atomic E-state index is 11.7. The second kappa shape index (κ2) is 6.10. The van der Waals surface area contributed by atoms with Gasteiger partial charge in [0.25, 0.3) is 0 Å². The molecule has 3 N–H and O–H groups in total. The molecular weight excluding hydrogens is 251 g/mol. The van der Waals surface area contributed by atoms with Crippen molar-refractivity contribution in [3.63, 3.8) is 0 Å². The van der Waals surface area contributed by atoms with Gasteiger partial charge in [-0.3, -0.25) is 21.0 Å². The van der Waals surface area contributed by atoms with Gasteiger partial charge >= 0.3 is 18.2 Å². The molecule has 0 aliphatic heterocycles. The fourth-order valence-corrected chi connectivity index (χ4v) is 0.610. The molecule has 0 aromatic heterocycles. The van der Waals surface area contributed by atoms with Gasteiger partial charge in [0.15, 0.2) is 5.11 Å². The highest BCUT2D eigenvalue weighted by Crippen LogP contribution is 2.13. The number of ether oxygens (including phenoxy) is 1.